The molecule has 1 aromatic carbocycles. The summed E-state index contributed by atoms with van der Waals surface area (Å²) in [6, 6.07) is 9.40. The third-order valence-electron chi connectivity index (χ3n) is 4.42. The van der Waals surface area contributed by atoms with Crippen LogP contribution in [-0.4, -0.2) is 18.0 Å². The van der Waals surface area contributed by atoms with Gasteiger partial charge in [-0.3, -0.25) is 4.79 Å². The fraction of sp³-hybridized carbons (Fsp3) is 0.562. The van der Waals surface area contributed by atoms with E-state index in [-0.39, 0.29) is 18.3 Å². The molecule has 2 bridgehead atoms. The second kappa shape index (κ2) is 7.61. The molecule has 0 spiro atoms. The summed E-state index contributed by atoms with van der Waals surface area (Å²) in [7, 11) is 0. The number of hydrogen-bond acceptors (Lipinski definition) is 2. The summed E-state index contributed by atoms with van der Waals surface area (Å²) in [5.41, 5.74) is 1.14. The quantitative estimate of drug-likeness (QED) is 0.849. The van der Waals surface area contributed by atoms with Crippen LogP contribution >= 0.6 is 28.3 Å². The van der Waals surface area contributed by atoms with Crippen molar-refractivity contribution in [3.63, 3.8) is 0 Å². The van der Waals surface area contributed by atoms with Crippen molar-refractivity contribution in [1.82, 2.24) is 10.6 Å². The maximum absolute atomic E-state index is 12.1. The standard InChI is InChI=1S/C16H21BrN2O.ClH/c17-13-3-1-2-11(6-13)10-18-16(20)9-12-7-14-4-5-15(8-12)19-14;/h1-3,6,12,14-15,19H,4-5,7-10H2,(H,18,20);1H. The second-order valence-electron chi connectivity index (χ2n) is 6.09. The lowest BCUT2D eigenvalue weighted by molar-refractivity contribution is -0.122. The third kappa shape index (κ3) is 4.70. The third-order valence-corrected chi connectivity index (χ3v) is 4.92. The van der Waals surface area contributed by atoms with E-state index in [1.807, 2.05) is 24.3 Å². The first kappa shape index (κ1) is 16.8. The molecule has 2 unspecified atom stereocenters. The predicted molar refractivity (Wildman–Crippen MR) is 90.5 cm³/mol. The van der Waals surface area contributed by atoms with Crippen LogP contribution in [0.3, 0.4) is 0 Å². The Kier molecular flexibility index (Phi) is 6.08. The van der Waals surface area contributed by atoms with Crippen molar-refractivity contribution in [2.75, 3.05) is 0 Å². The van der Waals surface area contributed by atoms with Crippen molar-refractivity contribution in [3.05, 3.63) is 34.3 Å². The Morgan fingerprint density at radius 2 is 2.00 bits per heavy atom. The molecule has 2 aliphatic rings. The molecule has 2 heterocycles. The highest BCUT2D eigenvalue weighted by molar-refractivity contribution is 9.10. The zero-order chi connectivity index (χ0) is 13.9. The first-order valence-electron chi connectivity index (χ1n) is 7.46. The van der Waals surface area contributed by atoms with Gasteiger partial charge in [-0.25, -0.2) is 0 Å². The number of nitrogens with one attached hydrogen (secondary N) is 2. The molecule has 2 saturated heterocycles. The Bertz CT molecular complexity index is 485. The molecule has 5 heteroatoms. The van der Waals surface area contributed by atoms with E-state index in [9.17, 15) is 4.79 Å². The molecule has 2 N–H and O–H groups in total. The number of fused-ring (bicyclic) bond motifs is 2. The predicted octanol–water partition coefficient (Wildman–Crippen LogP) is 3.41. The van der Waals surface area contributed by atoms with Crippen LogP contribution in [0, 0.1) is 5.92 Å². The van der Waals surface area contributed by atoms with E-state index >= 15 is 0 Å². The fourth-order valence-corrected chi connectivity index (χ4v) is 3.97. The van der Waals surface area contributed by atoms with E-state index in [2.05, 4.69) is 26.6 Å². The lowest BCUT2D eigenvalue weighted by Crippen LogP contribution is -2.39. The van der Waals surface area contributed by atoms with E-state index < -0.39 is 0 Å². The van der Waals surface area contributed by atoms with E-state index in [1.54, 1.807) is 0 Å². The van der Waals surface area contributed by atoms with Crippen molar-refractivity contribution in [2.24, 2.45) is 5.92 Å². The summed E-state index contributed by atoms with van der Waals surface area (Å²) >= 11 is 3.45. The summed E-state index contributed by atoms with van der Waals surface area (Å²) < 4.78 is 1.05. The van der Waals surface area contributed by atoms with Crippen LogP contribution in [0.4, 0.5) is 0 Å². The molecule has 2 fully saturated rings. The molecule has 3 nitrogen and oxygen atoms in total. The molecule has 21 heavy (non-hydrogen) atoms. The Balaban J connectivity index is 0.00000161. The minimum absolute atomic E-state index is 0. The minimum Gasteiger partial charge on any atom is -0.352 e. The van der Waals surface area contributed by atoms with Gasteiger partial charge in [-0.2, -0.15) is 0 Å². The highest BCUT2D eigenvalue weighted by atomic mass is 79.9. The smallest absolute Gasteiger partial charge is 0.220 e. The highest BCUT2D eigenvalue weighted by Gasteiger charge is 2.34. The van der Waals surface area contributed by atoms with Gasteiger partial charge in [0.25, 0.3) is 0 Å². The molecule has 1 aromatic rings. The average molecular weight is 374 g/mol. The van der Waals surface area contributed by atoms with E-state index in [1.165, 1.54) is 25.7 Å². The second-order valence-corrected chi connectivity index (χ2v) is 7.00. The van der Waals surface area contributed by atoms with Gasteiger partial charge in [-0.15, -0.1) is 12.4 Å². The van der Waals surface area contributed by atoms with Crippen LogP contribution < -0.4 is 10.6 Å². The molecular weight excluding hydrogens is 352 g/mol. The molecule has 1 amide bonds. The SMILES string of the molecule is Cl.O=C(CC1CC2CCC(C1)N2)NCc1cccc(Br)c1. The maximum Gasteiger partial charge on any atom is 0.220 e. The number of carbonyl (C=O) groups is 1. The zero-order valence-corrected chi connectivity index (χ0v) is 14.4. The van der Waals surface area contributed by atoms with Crippen LogP contribution in [0.1, 0.15) is 37.7 Å². The van der Waals surface area contributed by atoms with Crippen molar-refractivity contribution < 1.29 is 4.79 Å². The largest absolute Gasteiger partial charge is 0.352 e. The summed E-state index contributed by atoms with van der Waals surface area (Å²) in [5.74, 6) is 0.757. The van der Waals surface area contributed by atoms with Gasteiger partial charge in [0.15, 0.2) is 0 Å². The van der Waals surface area contributed by atoms with Gasteiger partial charge < -0.3 is 10.6 Å². The maximum atomic E-state index is 12.1. The zero-order valence-electron chi connectivity index (χ0n) is 12.0. The van der Waals surface area contributed by atoms with Crippen molar-refractivity contribution in [2.45, 2.75) is 50.7 Å². The van der Waals surface area contributed by atoms with E-state index in [0.29, 0.717) is 31.0 Å². The summed E-state index contributed by atoms with van der Waals surface area (Å²) in [5, 5.41) is 6.66. The number of piperidine rings is 1. The number of rotatable bonds is 4. The molecule has 0 radical (unpaired) electrons. The monoisotopic (exact) mass is 372 g/mol. The molecule has 0 aliphatic carbocycles. The van der Waals surface area contributed by atoms with Crippen molar-refractivity contribution >= 4 is 34.2 Å². The number of carbonyl (C=O) groups excluding carboxylic acids is 1. The van der Waals surface area contributed by atoms with Crippen molar-refractivity contribution in [1.29, 1.82) is 0 Å². The normalized spacial score (nSPS) is 27.0. The van der Waals surface area contributed by atoms with Gasteiger partial charge in [-0.05, 0) is 49.3 Å². The van der Waals surface area contributed by atoms with Crippen LogP contribution in [0.5, 0.6) is 0 Å². The van der Waals surface area contributed by atoms with Crippen LogP contribution in [0.2, 0.25) is 0 Å². The molecule has 2 atom stereocenters. The van der Waals surface area contributed by atoms with E-state index in [0.717, 1.165) is 10.0 Å². The number of hydrogen-bond donors (Lipinski definition) is 2. The Hall–Kier alpha value is -0.580. The first-order valence-corrected chi connectivity index (χ1v) is 8.25. The lowest BCUT2D eigenvalue weighted by Gasteiger charge is -2.28. The van der Waals surface area contributed by atoms with E-state index in [4.69, 9.17) is 0 Å². The average Bonchev–Trinajstić information content (AvgIpc) is 2.76. The Morgan fingerprint density at radius 1 is 1.29 bits per heavy atom. The summed E-state index contributed by atoms with van der Waals surface area (Å²) in [6.45, 7) is 0.621. The van der Waals surface area contributed by atoms with Gasteiger partial charge in [0.2, 0.25) is 5.91 Å². The van der Waals surface area contributed by atoms with Gasteiger partial charge >= 0.3 is 0 Å². The van der Waals surface area contributed by atoms with Crippen molar-refractivity contribution in [3.8, 4) is 0 Å². The van der Waals surface area contributed by atoms with Crippen LogP contribution in [0.25, 0.3) is 0 Å². The molecule has 2 aliphatic heterocycles. The number of benzene rings is 1. The molecule has 3 rings (SSSR count). The van der Waals surface area contributed by atoms with Gasteiger partial charge in [0.05, 0.1) is 0 Å². The Morgan fingerprint density at radius 3 is 2.67 bits per heavy atom. The number of amides is 1. The van der Waals surface area contributed by atoms with Gasteiger partial charge in [0, 0.05) is 29.5 Å². The molecule has 116 valence electrons. The molecular formula is C16H22BrClN2O. The summed E-state index contributed by atoms with van der Waals surface area (Å²) in [6.07, 6.45) is 5.60. The lowest BCUT2D eigenvalue weighted by atomic mass is 9.89. The van der Waals surface area contributed by atoms with Crippen LogP contribution in [0.15, 0.2) is 28.7 Å². The Labute approximate surface area is 140 Å². The topological polar surface area (TPSA) is 41.1 Å². The van der Waals surface area contributed by atoms with Gasteiger partial charge in [0.1, 0.15) is 0 Å². The highest BCUT2D eigenvalue weighted by Crippen LogP contribution is 2.32. The minimum atomic E-state index is 0. The van der Waals surface area contributed by atoms with Crippen LogP contribution in [-0.2, 0) is 11.3 Å². The first-order chi connectivity index (χ1) is 9.69. The molecule has 0 aromatic heterocycles. The fourth-order valence-electron chi connectivity index (χ4n) is 3.52. The van der Waals surface area contributed by atoms with Gasteiger partial charge in [-0.1, -0.05) is 28.1 Å². The molecule has 0 saturated carbocycles. The summed E-state index contributed by atoms with van der Waals surface area (Å²) in [4.78, 5) is 12.1. The number of halogens is 2.